The minimum atomic E-state index is 0.565. The highest BCUT2D eigenvalue weighted by Gasteiger charge is 2.21. The lowest BCUT2D eigenvalue weighted by atomic mass is 9.91. The molecule has 20 heavy (non-hydrogen) atoms. The molecule has 2 nitrogen and oxygen atoms in total. The molecule has 1 atom stereocenters. The summed E-state index contributed by atoms with van der Waals surface area (Å²) in [4.78, 5) is 0. The highest BCUT2D eigenvalue weighted by atomic mass is 16.5. The minimum absolute atomic E-state index is 0.565. The van der Waals surface area contributed by atoms with Gasteiger partial charge in [0.25, 0.3) is 0 Å². The first-order valence-corrected chi connectivity index (χ1v) is 7.26. The molecule has 2 heteroatoms. The predicted molar refractivity (Wildman–Crippen MR) is 83.4 cm³/mol. The SMILES string of the molecule is CNCC1CCOc2cc(-c3cccc(C)c3)ccc21. The average Bonchev–Trinajstić information content (AvgIpc) is 2.47. The van der Waals surface area contributed by atoms with Crippen molar-refractivity contribution in [3.05, 3.63) is 53.6 Å². The molecule has 1 aliphatic heterocycles. The van der Waals surface area contributed by atoms with Crippen LogP contribution in [0.4, 0.5) is 0 Å². The summed E-state index contributed by atoms with van der Waals surface area (Å²) in [6.07, 6.45) is 1.09. The van der Waals surface area contributed by atoms with Crippen LogP contribution in [0.3, 0.4) is 0 Å². The summed E-state index contributed by atoms with van der Waals surface area (Å²) in [5.74, 6) is 1.62. The first-order chi connectivity index (χ1) is 9.78. The first kappa shape index (κ1) is 13.2. The second kappa shape index (κ2) is 5.68. The summed E-state index contributed by atoms with van der Waals surface area (Å²) in [6, 6.07) is 15.2. The molecule has 0 spiro atoms. The normalized spacial score (nSPS) is 17.4. The topological polar surface area (TPSA) is 21.3 Å². The van der Waals surface area contributed by atoms with Crippen LogP contribution in [0.5, 0.6) is 5.75 Å². The maximum atomic E-state index is 5.86. The van der Waals surface area contributed by atoms with E-state index in [1.165, 1.54) is 22.3 Å². The van der Waals surface area contributed by atoms with Gasteiger partial charge in [-0.3, -0.25) is 0 Å². The van der Waals surface area contributed by atoms with Gasteiger partial charge in [0.15, 0.2) is 0 Å². The Balaban J connectivity index is 1.97. The Labute approximate surface area is 120 Å². The average molecular weight is 267 g/mol. The summed E-state index contributed by atoms with van der Waals surface area (Å²) < 4.78 is 5.86. The van der Waals surface area contributed by atoms with Gasteiger partial charge in [0, 0.05) is 12.5 Å². The van der Waals surface area contributed by atoms with Gasteiger partial charge in [0.2, 0.25) is 0 Å². The zero-order valence-electron chi connectivity index (χ0n) is 12.1. The van der Waals surface area contributed by atoms with Crippen LogP contribution in [-0.4, -0.2) is 20.2 Å². The van der Waals surface area contributed by atoms with Crippen molar-refractivity contribution in [3.63, 3.8) is 0 Å². The van der Waals surface area contributed by atoms with Crippen LogP contribution < -0.4 is 10.1 Å². The highest BCUT2D eigenvalue weighted by molar-refractivity contribution is 5.67. The number of nitrogens with one attached hydrogen (secondary N) is 1. The number of aryl methyl sites for hydroxylation is 1. The largest absolute Gasteiger partial charge is 0.493 e. The maximum Gasteiger partial charge on any atom is 0.123 e. The van der Waals surface area contributed by atoms with Gasteiger partial charge in [0.05, 0.1) is 6.61 Å². The zero-order chi connectivity index (χ0) is 13.9. The van der Waals surface area contributed by atoms with E-state index in [0.29, 0.717) is 5.92 Å². The Bertz CT molecular complexity index is 606. The van der Waals surface area contributed by atoms with E-state index >= 15 is 0 Å². The first-order valence-electron chi connectivity index (χ1n) is 7.26. The van der Waals surface area contributed by atoms with Crippen molar-refractivity contribution in [1.82, 2.24) is 5.32 Å². The smallest absolute Gasteiger partial charge is 0.123 e. The third-order valence-corrected chi connectivity index (χ3v) is 3.98. The quantitative estimate of drug-likeness (QED) is 0.914. The molecule has 0 amide bonds. The Kier molecular flexibility index (Phi) is 3.75. The molecule has 2 aromatic carbocycles. The Hall–Kier alpha value is -1.80. The second-order valence-corrected chi connectivity index (χ2v) is 5.51. The molecule has 2 aromatic rings. The van der Waals surface area contributed by atoms with Crippen LogP contribution in [0.1, 0.15) is 23.5 Å². The van der Waals surface area contributed by atoms with Gasteiger partial charge in [-0.25, -0.2) is 0 Å². The van der Waals surface area contributed by atoms with Gasteiger partial charge in [-0.2, -0.15) is 0 Å². The Morgan fingerprint density at radius 2 is 2.00 bits per heavy atom. The molecule has 0 aromatic heterocycles. The van der Waals surface area contributed by atoms with Gasteiger partial charge >= 0.3 is 0 Å². The van der Waals surface area contributed by atoms with Crippen LogP contribution in [0.2, 0.25) is 0 Å². The van der Waals surface area contributed by atoms with E-state index in [1.54, 1.807) is 0 Å². The van der Waals surface area contributed by atoms with Crippen LogP contribution >= 0.6 is 0 Å². The number of ether oxygens (including phenoxy) is 1. The molecular formula is C18H21NO. The van der Waals surface area contributed by atoms with Gasteiger partial charge in [0.1, 0.15) is 5.75 Å². The van der Waals surface area contributed by atoms with Gasteiger partial charge in [-0.1, -0.05) is 42.0 Å². The van der Waals surface area contributed by atoms with E-state index in [-0.39, 0.29) is 0 Å². The molecule has 3 rings (SSSR count). The number of rotatable bonds is 3. The van der Waals surface area contributed by atoms with Gasteiger partial charge < -0.3 is 10.1 Å². The third-order valence-electron chi connectivity index (χ3n) is 3.98. The molecule has 0 aliphatic carbocycles. The second-order valence-electron chi connectivity index (χ2n) is 5.51. The zero-order valence-corrected chi connectivity index (χ0v) is 12.1. The van der Waals surface area contributed by atoms with Crippen molar-refractivity contribution in [1.29, 1.82) is 0 Å². The third kappa shape index (κ3) is 2.56. The van der Waals surface area contributed by atoms with Crippen molar-refractivity contribution >= 4 is 0 Å². The van der Waals surface area contributed by atoms with E-state index in [0.717, 1.165) is 25.3 Å². The van der Waals surface area contributed by atoms with Crippen molar-refractivity contribution < 1.29 is 4.74 Å². The summed E-state index contributed by atoms with van der Waals surface area (Å²) in [5.41, 5.74) is 5.11. The number of hydrogen-bond donors (Lipinski definition) is 1. The summed E-state index contributed by atoms with van der Waals surface area (Å²) in [5, 5.41) is 3.28. The number of likely N-dealkylation sites (N-methyl/N-ethyl adjacent to an activating group) is 1. The van der Waals surface area contributed by atoms with Crippen molar-refractivity contribution in [2.24, 2.45) is 0 Å². The van der Waals surface area contributed by atoms with Crippen LogP contribution in [0, 0.1) is 6.92 Å². The fraction of sp³-hybridized carbons (Fsp3) is 0.333. The van der Waals surface area contributed by atoms with Crippen LogP contribution in [0.15, 0.2) is 42.5 Å². The molecular weight excluding hydrogens is 246 g/mol. The van der Waals surface area contributed by atoms with Crippen molar-refractivity contribution in [3.8, 4) is 16.9 Å². The molecule has 0 bridgehead atoms. The van der Waals surface area contributed by atoms with E-state index in [9.17, 15) is 0 Å². The van der Waals surface area contributed by atoms with Crippen molar-refractivity contribution in [2.75, 3.05) is 20.2 Å². The van der Waals surface area contributed by atoms with Gasteiger partial charge in [-0.15, -0.1) is 0 Å². The Morgan fingerprint density at radius 1 is 1.15 bits per heavy atom. The molecule has 0 fully saturated rings. The standard InChI is InChI=1S/C18H21NO/c1-13-4-3-5-14(10-13)15-6-7-17-16(12-19-2)8-9-20-18(17)11-15/h3-7,10-11,16,19H,8-9,12H2,1-2H3. The lowest BCUT2D eigenvalue weighted by Gasteiger charge is -2.26. The number of benzene rings is 2. The van der Waals surface area contributed by atoms with E-state index in [2.05, 4.69) is 54.7 Å². The molecule has 104 valence electrons. The molecule has 1 aliphatic rings. The van der Waals surface area contributed by atoms with E-state index in [1.807, 2.05) is 7.05 Å². The molecule has 1 heterocycles. The molecule has 0 radical (unpaired) electrons. The highest BCUT2D eigenvalue weighted by Crippen LogP contribution is 2.36. The van der Waals surface area contributed by atoms with E-state index in [4.69, 9.17) is 4.74 Å². The Morgan fingerprint density at radius 3 is 2.80 bits per heavy atom. The van der Waals surface area contributed by atoms with Crippen LogP contribution in [0.25, 0.3) is 11.1 Å². The summed E-state index contributed by atoms with van der Waals surface area (Å²) in [7, 11) is 2.01. The number of fused-ring (bicyclic) bond motifs is 1. The molecule has 1 unspecified atom stereocenters. The summed E-state index contributed by atoms with van der Waals surface area (Å²) >= 11 is 0. The fourth-order valence-electron chi connectivity index (χ4n) is 2.93. The predicted octanol–water partition coefficient (Wildman–Crippen LogP) is 3.75. The lowest BCUT2D eigenvalue weighted by Crippen LogP contribution is -2.23. The lowest BCUT2D eigenvalue weighted by molar-refractivity contribution is 0.266. The number of hydrogen-bond acceptors (Lipinski definition) is 2. The molecule has 0 saturated carbocycles. The minimum Gasteiger partial charge on any atom is -0.493 e. The molecule has 1 N–H and O–H groups in total. The fourth-order valence-corrected chi connectivity index (χ4v) is 2.93. The maximum absolute atomic E-state index is 5.86. The monoisotopic (exact) mass is 267 g/mol. The van der Waals surface area contributed by atoms with E-state index < -0.39 is 0 Å². The van der Waals surface area contributed by atoms with Gasteiger partial charge in [-0.05, 0) is 43.1 Å². The van der Waals surface area contributed by atoms with Crippen LogP contribution in [-0.2, 0) is 0 Å². The summed E-state index contributed by atoms with van der Waals surface area (Å²) in [6.45, 7) is 3.96. The molecule has 0 saturated heterocycles. The van der Waals surface area contributed by atoms with Crippen molar-refractivity contribution in [2.45, 2.75) is 19.3 Å².